The number of nitrogens with one attached hydrogen (secondary N) is 1. The minimum atomic E-state index is -0.530. The molecule has 0 bridgehead atoms. The first-order valence-corrected chi connectivity index (χ1v) is 9.97. The van der Waals surface area contributed by atoms with Crippen LogP contribution < -0.4 is 5.32 Å². The highest BCUT2D eigenvalue weighted by Crippen LogP contribution is 2.14. The zero-order valence-corrected chi connectivity index (χ0v) is 16.6. The van der Waals surface area contributed by atoms with Crippen LogP contribution >= 0.6 is 0 Å². The quantitative estimate of drug-likeness (QED) is 0.711. The van der Waals surface area contributed by atoms with Crippen LogP contribution in [0.2, 0.25) is 0 Å². The van der Waals surface area contributed by atoms with Crippen LogP contribution in [0.1, 0.15) is 30.9 Å². The Hall–Kier alpha value is -2.41. The Labute approximate surface area is 166 Å². The minimum Gasteiger partial charge on any atom is -0.376 e. The highest BCUT2D eigenvalue weighted by atomic mass is 16.5. The van der Waals surface area contributed by atoms with Gasteiger partial charge in [-0.3, -0.25) is 14.4 Å². The maximum absolute atomic E-state index is 12.5. The van der Waals surface area contributed by atoms with E-state index in [1.807, 2.05) is 31.2 Å². The molecule has 7 nitrogen and oxygen atoms in total. The Morgan fingerprint density at radius 2 is 1.86 bits per heavy atom. The van der Waals surface area contributed by atoms with Crippen molar-refractivity contribution in [3.05, 3.63) is 35.4 Å². The molecule has 28 heavy (non-hydrogen) atoms. The molecule has 0 radical (unpaired) electrons. The Bertz CT molecular complexity index is 713. The van der Waals surface area contributed by atoms with Crippen LogP contribution in [0, 0.1) is 12.8 Å². The topological polar surface area (TPSA) is 79.0 Å². The van der Waals surface area contributed by atoms with Crippen molar-refractivity contribution < 1.29 is 19.1 Å². The van der Waals surface area contributed by atoms with E-state index in [4.69, 9.17) is 4.74 Å². The third-order valence-electron chi connectivity index (χ3n) is 5.36. The normalized spacial score (nSPS) is 21.1. The van der Waals surface area contributed by atoms with E-state index in [1.165, 1.54) is 4.90 Å². The van der Waals surface area contributed by atoms with Crippen molar-refractivity contribution >= 4 is 17.7 Å². The van der Waals surface area contributed by atoms with Crippen LogP contribution in [0.15, 0.2) is 24.3 Å². The summed E-state index contributed by atoms with van der Waals surface area (Å²) in [5.41, 5.74) is 2.16. The molecule has 2 heterocycles. The van der Waals surface area contributed by atoms with E-state index in [1.54, 1.807) is 11.8 Å². The molecule has 3 amide bonds. The van der Waals surface area contributed by atoms with Crippen molar-refractivity contribution in [1.29, 1.82) is 0 Å². The molecule has 2 atom stereocenters. The zero-order chi connectivity index (χ0) is 20.1. The first-order valence-electron chi connectivity index (χ1n) is 9.97. The number of rotatable bonds is 7. The van der Waals surface area contributed by atoms with E-state index in [-0.39, 0.29) is 24.5 Å². The minimum absolute atomic E-state index is 0.0877. The number of nitrogens with zero attached hydrogens (tertiary/aromatic N) is 2. The number of amides is 3. The molecule has 0 aromatic heterocycles. The van der Waals surface area contributed by atoms with Crippen molar-refractivity contribution in [1.82, 2.24) is 15.1 Å². The average Bonchev–Trinajstić information content (AvgIpc) is 3.21. The van der Waals surface area contributed by atoms with Gasteiger partial charge in [-0.2, -0.15) is 0 Å². The second-order valence-corrected chi connectivity index (χ2v) is 7.74. The van der Waals surface area contributed by atoms with Crippen LogP contribution in [0.4, 0.5) is 0 Å². The van der Waals surface area contributed by atoms with Crippen molar-refractivity contribution in [2.24, 2.45) is 5.92 Å². The van der Waals surface area contributed by atoms with Crippen LogP contribution in [0.3, 0.4) is 0 Å². The number of aryl methyl sites for hydroxylation is 1. The molecule has 152 valence electrons. The second kappa shape index (κ2) is 9.19. The van der Waals surface area contributed by atoms with Crippen LogP contribution in [-0.2, 0) is 25.7 Å². The third kappa shape index (κ3) is 5.10. The molecule has 7 heteroatoms. The van der Waals surface area contributed by atoms with E-state index < -0.39 is 11.8 Å². The van der Waals surface area contributed by atoms with E-state index >= 15 is 0 Å². The first-order chi connectivity index (χ1) is 13.4. The maximum atomic E-state index is 12.5. The van der Waals surface area contributed by atoms with Gasteiger partial charge in [-0.25, -0.2) is 0 Å². The summed E-state index contributed by atoms with van der Waals surface area (Å²) in [6, 6.07) is 7.93. The predicted octanol–water partition coefficient (Wildman–Crippen LogP) is 1.10. The molecule has 2 fully saturated rings. The van der Waals surface area contributed by atoms with Gasteiger partial charge in [0.05, 0.1) is 12.0 Å². The summed E-state index contributed by atoms with van der Waals surface area (Å²) in [7, 11) is 0. The van der Waals surface area contributed by atoms with Crippen molar-refractivity contribution in [2.75, 3.05) is 32.8 Å². The summed E-state index contributed by atoms with van der Waals surface area (Å²) in [5.74, 6) is -1.52. The van der Waals surface area contributed by atoms with Gasteiger partial charge in [-0.1, -0.05) is 36.8 Å². The fourth-order valence-corrected chi connectivity index (χ4v) is 3.56. The third-order valence-corrected chi connectivity index (χ3v) is 5.36. The lowest BCUT2D eigenvalue weighted by atomic mass is 10.1. The largest absolute Gasteiger partial charge is 0.376 e. The van der Waals surface area contributed by atoms with Crippen molar-refractivity contribution in [3.63, 3.8) is 0 Å². The molecule has 2 saturated heterocycles. The summed E-state index contributed by atoms with van der Waals surface area (Å²) >= 11 is 0. The molecule has 0 spiro atoms. The van der Waals surface area contributed by atoms with Gasteiger partial charge < -0.3 is 19.9 Å². The van der Waals surface area contributed by atoms with Crippen molar-refractivity contribution in [3.8, 4) is 0 Å². The molecule has 0 unspecified atom stereocenters. The van der Waals surface area contributed by atoms with Crippen LogP contribution in [0.25, 0.3) is 0 Å². The van der Waals surface area contributed by atoms with Gasteiger partial charge in [0.15, 0.2) is 0 Å². The van der Waals surface area contributed by atoms with Gasteiger partial charge in [-0.15, -0.1) is 0 Å². The Kier molecular flexibility index (Phi) is 6.67. The smallest absolute Gasteiger partial charge is 0.312 e. The predicted molar refractivity (Wildman–Crippen MR) is 104 cm³/mol. The van der Waals surface area contributed by atoms with Gasteiger partial charge >= 0.3 is 11.8 Å². The van der Waals surface area contributed by atoms with Crippen molar-refractivity contribution in [2.45, 2.75) is 39.3 Å². The Balaban J connectivity index is 1.48. The molecular formula is C21H29N3O4. The van der Waals surface area contributed by atoms with Gasteiger partial charge in [0.1, 0.15) is 0 Å². The number of carbonyl (C=O) groups is 3. The van der Waals surface area contributed by atoms with E-state index in [2.05, 4.69) is 5.32 Å². The maximum Gasteiger partial charge on any atom is 0.312 e. The standard InChI is InChI=1S/C21H29N3O4/c1-15-5-7-17(8-6-15)14-24-10-9-23(20(26)21(24)27)13-16(2)19(25)22-12-18-4-3-11-28-18/h5-8,16,18H,3-4,9-14H2,1-2H3,(H,22,25)/t16-,18+/m0/s1. The van der Waals surface area contributed by atoms with E-state index in [0.717, 1.165) is 30.6 Å². The molecule has 2 aliphatic rings. The number of ether oxygens (including phenoxy) is 1. The van der Waals surface area contributed by atoms with Crippen LogP contribution in [-0.4, -0.2) is 66.4 Å². The average molecular weight is 387 g/mol. The Morgan fingerprint density at radius 3 is 2.54 bits per heavy atom. The fourth-order valence-electron chi connectivity index (χ4n) is 3.56. The monoisotopic (exact) mass is 387 g/mol. The molecule has 0 saturated carbocycles. The lowest BCUT2D eigenvalue weighted by Crippen LogP contribution is -2.55. The van der Waals surface area contributed by atoms with Gasteiger partial charge in [0, 0.05) is 39.3 Å². The lowest BCUT2D eigenvalue weighted by Gasteiger charge is -2.35. The number of hydrogen-bond donors (Lipinski definition) is 1. The van der Waals surface area contributed by atoms with Crippen LogP contribution in [0.5, 0.6) is 0 Å². The molecule has 1 aromatic carbocycles. The molecule has 1 N–H and O–H groups in total. The fraction of sp³-hybridized carbons (Fsp3) is 0.571. The second-order valence-electron chi connectivity index (χ2n) is 7.74. The SMILES string of the molecule is Cc1ccc(CN2CCN(C[C@H](C)C(=O)NC[C@H]3CCCO3)C(=O)C2=O)cc1. The molecule has 3 rings (SSSR count). The summed E-state index contributed by atoms with van der Waals surface area (Å²) in [4.78, 5) is 40.3. The Morgan fingerprint density at radius 1 is 1.18 bits per heavy atom. The highest BCUT2D eigenvalue weighted by molar-refractivity contribution is 6.35. The van der Waals surface area contributed by atoms with Gasteiger partial charge in [0.25, 0.3) is 0 Å². The van der Waals surface area contributed by atoms with E-state index in [9.17, 15) is 14.4 Å². The zero-order valence-electron chi connectivity index (χ0n) is 16.6. The van der Waals surface area contributed by atoms with E-state index in [0.29, 0.717) is 26.2 Å². The summed E-state index contributed by atoms with van der Waals surface area (Å²) in [6.07, 6.45) is 2.08. The molecule has 1 aromatic rings. The highest BCUT2D eigenvalue weighted by Gasteiger charge is 2.34. The first kappa shape index (κ1) is 20.3. The molecule has 2 aliphatic heterocycles. The number of hydrogen-bond acceptors (Lipinski definition) is 4. The number of piperazine rings is 1. The summed E-state index contributed by atoms with van der Waals surface area (Å²) < 4.78 is 5.50. The number of benzene rings is 1. The molecular weight excluding hydrogens is 358 g/mol. The summed E-state index contributed by atoms with van der Waals surface area (Å²) in [6.45, 7) is 6.63. The lowest BCUT2D eigenvalue weighted by molar-refractivity contribution is -0.157. The number of carbonyl (C=O) groups excluding carboxylic acids is 3. The molecule has 0 aliphatic carbocycles. The summed E-state index contributed by atoms with van der Waals surface area (Å²) in [5, 5.41) is 2.89. The van der Waals surface area contributed by atoms with Gasteiger partial charge in [-0.05, 0) is 25.3 Å². The van der Waals surface area contributed by atoms with Gasteiger partial charge in [0.2, 0.25) is 5.91 Å².